The lowest BCUT2D eigenvalue weighted by Crippen LogP contribution is -2.19. The third-order valence-corrected chi connectivity index (χ3v) is 6.32. The Morgan fingerprint density at radius 3 is 2.30 bits per heavy atom. The van der Waals surface area contributed by atoms with Crippen LogP contribution < -0.4 is 9.46 Å². The molecule has 0 aliphatic heterocycles. The maximum absolute atomic E-state index is 13.3. The molecule has 0 radical (unpaired) electrons. The van der Waals surface area contributed by atoms with Crippen molar-refractivity contribution in [1.29, 1.82) is 0 Å². The smallest absolute Gasteiger partial charge is 0.338 e. The summed E-state index contributed by atoms with van der Waals surface area (Å²) in [7, 11) is -2.54. The number of carbonyl (C=O) groups is 1. The molecule has 0 fully saturated rings. The number of hydrogen-bond acceptors (Lipinski definition) is 4. The number of aromatic carboxylic acids is 1. The molecule has 0 saturated heterocycles. The van der Waals surface area contributed by atoms with Crippen LogP contribution in [0.15, 0.2) is 65.6 Å². The predicted octanol–water partition coefficient (Wildman–Crippen LogP) is 4.40. The Morgan fingerprint density at radius 2 is 1.67 bits per heavy atom. The second-order valence-corrected chi connectivity index (χ2v) is 8.65. The van der Waals surface area contributed by atoms with Gasteiger partial charge in [-0.25, -0.2) is 13.2 Å². The van der Waals surface area contributed by atoms with Crippen LogP contribution in [0.5, 0.6) is 5.75 Å². The first kappa shape index (κ1) is 21.4. The Kier molecular flexibility index (Phi) is 6.12. The molecule has 0 saturated carbocycles. The van der Waals surface area contributed by atoms with Gasteiger partial charge in [0.25, 0.3) is 10.0 Å². The van der Waals surface area contributed by atoms with Crippen LogP contribution in [-0.2, 0) is 16.4 Å². The highest BCUT2D eigenvalue weighted by molar-refractivity contribution is 7.92. The molecule has 0 aliphatic carbocycles. The monoisotopic (exact) mass is 425 g/mol. The first-order valence-electron chi connectivity index (χ1n) is 9.30. The second kappa shape index (κ2) is 8.59. The molecule has 0 bridgehead atoms. The first-order chi connectivity index (χ1) is 14.2. The molecular formula is C23H23NO5S. The summed E-state index contributed by atoms with van der Waals surface area (Å²) >= 11 is 0. The maximum Gasteiger partial charge on any atom is 0.338 e. The standard InChI is InChI=1S/C23H23NO5S/c1-15-9-10-16(2)22(21(15)23(25)26)24-30(27,28)20-12-11-19(29-3)14-18(20)13-17-7-5-4-6-8-17/h4-12,14,24H,13H2,1-3H3,(H,25,26). The predicted molar refractivity (Wildman–Crippen MR) is 116 cm³/mol. The first-order valence-corrected chi connectivity index (χ1v) is 10.8. The normalized spacial score (nSPS) is 11.2. The van der Waals surface area contributed by atoms with Gasteiger partial charge >= 0.3 is 5.97 Å². The zero-order chi connectivity index (χ0) is 21.9. The lowest BCUT2D eigenvalue weighted by atomic mass is 10.0. The zero-order valence-electron chi connectivity index (χ0n) is 17.0. The van der Waals surface area contributed by atoms with E-state index in [-0.39, 0.29) is 16.1 Å². The van der Waals surface area contributed by atoms with E-state index in [1.165, 1.54) is 13.2 Å². The summed E-state index contributed by atoms with van der Waals surface area (Å²) in [5.41, 5.74) is 2.51. The Bertz CT molecular complexity index is 1190. The summed E-state index contributed by atoms with van der Waals surface area (Å²) < 4.78 is 34.4. The van der Waals surface area contributed by atoms with E-state index in [2.05, 4.69) is 4.72 Å². The van der Waals surface area contributed by atoms with Crippen molar-refractivity contribution < 1.29 is 23.1 Å². The van der Waals surface area contributed by atoms with Crippen LogP contribution >= 0.6 is 0 Å². The van der Waals surface area contributed by atoms with E-state index in [0.29, 0.717) is 28.9 Å². The van der Waals surface area contributed by atoms with Gasteiger partial charge in [-0.05, 0) is 60.7 Å². The Hall–Kier alpha value is -3.32. The van der Waals surface area contributed by atoms with Crippen LogP contribution in [-0.4, -0.2) is 26.6 Å². The number of carboxylic acids is 1. The van der Waals surface area contributed by atoms with Gasteiger partial charge in [-0.3, -0.25) is 4.72 Å². The highest BCUT2D eigenvalue weighted by Gasteiger charge is 2.24. The van der Waals surface area contributed by atoms with Crippen molar-refractivity contribution in [3.8, 4) is 5.75 Å². The largest absolute Gasteiger partial charge is 0.497 e. The Morgan fingerprint density at radius 1 is 1.00 bits per heavy atom. The lowest BCUT2D eigenvalue weighted by Gasteiger charge is -2.17. The van der Waals surface area contributed by atoms with E-state index in [4.69, 9.17) is 4.74 Å². The topological polar surface area (TPSA) is 92.7 Å². The molecule has 0 atom stereocenters. The van der Waals surface area contributed by atoms with E-state index in [0.717, 1.165) is 5.56 Å². The minimum atomic E-state index is -4.05. The zero-order valence-corrected chi connectivity index (χ0v) is 17.8. The highest BCUT2D eigenvalue weighted by atomic mass is 32.2. The van der Waals surface area contributed by atoms with Crippen molar-refractivity contribution >= 4 is 21.7 Å². The van der Waals surface area contributed by atoms with Gasteiger partial charge in [0.15, 0.2) is 0 Å². The van der Waals surface area contributed by atoms with Gasteiger partial charge in [0, 0.05) is 0 Å². The Balaban J connectivity index is 2.09. The molecular weight excluding hydrogens is 402 g/mol. The van der Waals surface area contributed by atoms with Crippen molar-refractivity contribution in [3.63, 3.8) is 0 Å². The highest BCUT2D eigenvalue weighted by Crippen LogP contribution is 2.30. The number of sulfonamides is 1. The van der Waals surface area contributed by atoms with Gasteiger partial charge < -0.3 is 9.84 Å². The summed E-state index contributed by atoms with van der Waals surface area (Å²) in [5.74, 6) is -0.647. The molecule has 7 heteroatoms. The van der Waals surface area contributed by atoms with Gasteiger partial charge in [-0.15, -0.1) is 0 Å². The SMILES string of the molecule is COc1ccc(S(=O)(=O)Nc2c(C)ccc(C)c2C(=O)O)c(Cc2ccccc2)c1. The molecule has 0 amide bonds. The third kappa shape index (κ3) is 4.46. The number of hydrogen-bond donors (Lipinski definition) is 2. The molecule has 0 unspecified atom stereocenters. The van der Waals surface area contributed by atoms with Crippen molar-refractivity contribution in [2.24, 2.45) is 0 Å². The molecule has 3 rings (SSSR count). The van der Waals surface area contributed by atoms with Crippen molar-refractivity contribution in [2.45, 2.75) is 25.2 Å². The fourth-order valence-corrected chi connectivity index (χ4v) is 4.67. The van der Waals surface area contributed by atoms with E-state index in [9.17, 15) is 18.3 Å². The fourth-order valence-electron chi connectivity index (χ4n) is 3.31. The number of benzene rings is 3. The van der Waals surface area contributed by atoms with Crippen LogP contribution in [0.25, 0.3) is 0 Å². The van der Waals surface area contributed by atoms with E-state index >= 15 is 0 Å². The van der Waals surface area contributed by atoms with Crippen LogP contribution in [0, 0.1) is 13.8 Å². The van der Waals surface area contributed by atoms with Gasteiger partial charge in [0.1, 0.15) is 5.75 Å². The number of anilines is 1. The molecule has 0 aromatic heterocycles. The molecule has 3 aromatic rings. The molecule has 0 spiro atoms. The second-order valence-electron chi connectivity index (χ2n) is 7.00. The maximum atomic E-state index is 13.3. The van der Waals surface area contributed by atoms with Crippen LogP contribution in [0.1, 0.15) is 32.6 Å². The minimum absolute atomic E-state index is 0.0586. The summed E-state index contributed by atoms with van der Waals surface area (Å²) in [5, 5.41) is 9.60. The summed E-state index contributed by atoms with van der Waals surface area (Å²) in [6, 6.07) is 17.6. The van der Waals surface area contributed by atoms with Crippen molar-refractivity contribution in [3.05, 3.63) is 88.5 Å². The van der Waals surface area contributed by atoms with E-state index in [1.807, 2.05) is 30.3 Å². The number of nitrogens with one attached hydrogen (secondary N) is 1. The molecule has 30 heavy (non-hydrogen) atoms. The number of carboxylic acid groups (broad SMARTS) is 1. The van der Waals surface area contributed by atoms with Crippen molar-refractivity contribution in [2.75, 3.05) is 11.8 Å². The van der Waals surface area contributed by atoms with Gasteiger partial charge in [-0.1, -0.05) is 42.5 Å². The van der Waals surface area contributed by atoms with Crippen LogP contribution in [0.4, 0.5) is 5.69 Å². The van der Waals surface area contributed by atoms with Crippen LogP contribution in [0.3, 0.4) is 0 Å². The Labute approximate surface area is 176 Å². The van der Waals surface area contributed by atoms with Crippen LogP contribution in [0.2, 0.25) is 0 Å². The molecule has 156 valence electrons. The number of aryl methyl sites for hydroxylation is 2. The van der Waals surface area contributed by atoms with Gasteiger partial charge in [0.05, 0.1) is 23.3 Å². The minimum Gasteiger partial charge on any atom is -0.497 e. The number of rotatable bonds is 7. The third-order valence-electron chi connectivity index (χ3n) is 4.87. The number of ether oxygens (including phenoxy) is 1. The lowest BCUT2D eigenvalue weighted by molar-refractivity contribution is 0.0697. The summed E-state index contributed by atoms with van der Waals surface area (Å²) in [6.07, 6.45) is 0.382. The molecule has 0 heterocycles. The summed E-state index contributed by atoms with van der Waals surface area (Å²) in [6.45, 7) is 3.30. The molecule has 2 N–H and O–H groups in total. The average molecular weight is 426 g/mol. The van der Waals surface area contributed by atoms with Crippen molar-refractivity contribution in [1.82, 2.24) is 0 Å². The molecule has 0 aliphatic rings. The van der Waals surface area contributed by atoms with Gasteiger partial charge in [-0.2, -0.15) is 0 Å². The van der Waals surface area contributed by atoms with Gasteiger partial charge in [0.2, 0.25) is 0 Å². The van der Waals surface area contributed by atoms with E-state index < -0.39 is 16.0 Å². The summed E-state index contributed by atoms with van der Waals surface area (Å²) in [4.78, 5) is 11.8. The quantitative estimate of drug-likeness (QED) is 0.585. The molecule has 3 aromatic carbocycles. The van der Waals surface area contributed by atoms with E-state index in [1.54, 1.807) is 38.1 Å². The fraction of sp³-hybridized carbons (Fsp3) is 0.174. The number of methoxy groups -OCH3 is 1. The average Bonchev–Trinajstić information content (AvgIpc) is 2.71. The molecule has 6 nitrogen and oxygen atoms in total.